The van der Waals surface area contributed by atoms with E-state index in [1.807, 2.05) is 0 Å². The van der Waals surface area contributed by atoms with Crippen molar-refractivity contribution < 1.29 is 9.52 Å². The zero-order valence-corrected chi connectivity index (χ0v) is 11.5. The first-order valence-corrected chi connectivity index (χ1v) is 6.56. The van der Waals surface area contributed by atoms with Crippen LogP contribution >= 0.6 is 11.6 Å². The molecule has 0 saturated heterocycles. The van der Waals surface area contributed by atoms with Crippen LogP contribution in [-0.4, -0.2) is 11.3 Å². The van der Waals surface area contributed by atoms with Crippen molar-refractivity contribution in [3.63, 3.8) is 0 Å². The van der Waals surface area contributed by atoms with Gasteiger partial charge in [-0.1, -0.05) is 23.7 Å². The number of hydrogen-bond acceptors (Lipinski definition) is 4. The van der Waals surface area contributed by atoms with Crippen LogP contribution in [0.25, 0.3) is 11.0 Å². The molecule has 1 N–H and O–H groups in total. The number of halogens is 1. The maximum atomic E-state index is 12.3. The second-order valence-electron chi connectivity index (χ2n) is 4.41. The molecule has 0 fully saturated rings. The average molecular weight is 300 g/mol. The monoisotopic (exact) mass is 299 g/mol. The van der Waals surface area contributed by atoms with E-state index in [0.29, 0.717) is 21.6 Å². The smallest absolute Gasteiger partial charge is 0.201 e. The number of nitrogens with zero attached hydrogens (tertiary/aromatic N) is 1. The van der Waals surface area contributed by atoms with Gasteiger partial charge < -0.3 is 9.52 Å². The summed E-state index contributed by atoms with van der Waals surface area (Å²) in [5.41, 5.74) is 0.926. The van der Waals surface area contributed by atoms with Gasteiger partial charge in [0.1, 0.15) is 23.3 Å². The summed E-state index contributed by atoms with van der Waals surface area (Å²) in [6, 6.07) is 11.5. The van der Waals surface area contributed by atoms with Crippen LogP contribution in [-0.2, 0) is 0 Å². The van der Waals surface area contributed by atoms with Gasteiger partial charge in [0.25, 0.3) is 0 Å². The Balaban J connectivity index is 2.06. The topological polar surface area (TPSA) is 62.8 Å². The molecule has 0 unspecified atom stereocenters. The number of phenolic OH excluding ortho intramolecular Hbond substituents is 1. The molecule has 0 atom stereocenters. The summed E-state index contributed by atoms with van der Waals surface area (Å²) >= 11 is 5.84. The molecule has 0 radical (unpaired) electrons. The molecule has 3 rings (SSSR count). The van der Waals surface area contributed by atoms with Crippen LogP contribution in [0, 0.1) is 0 Å². The minimum absolute atomic E-state index is 0.0131. The van der Waals surface area contributed by atoms with E-state index in [1.165, 1.54) is 24.6 Å². The Hall–Kier alpha value is -2.59. The SMILES string of the molecule is O=c1c(C=Nc2cc(Cl)ccc2O)coc2ccccc12. The lowest BCUT2D eigenvalue weighted by molar-refractivity contribution is 0.477. The first-order chi connectivity index (χ1) is 10.1. The van der Waals surface area contributed by atoms with E-state index < -0.39 is 0 Å². The summed E-state index contributed by atoms with van der Waals surface area (Å²) in [6.07, 6.45) is 2.69. The van der Waals surface area contributed by atoms with Gasteiger partial charge in [-0.2, -0.15) is 0 Å². The summed E-state index contributed by atoms with van der Waals surface area (Å²) in [6.45, 7) is 0. The van der Waals surface area contributed by atoms with Crippen LogP contribution in [0.2, 0.25) is 5.02 Å². The molecule has 0 saturated carbocycles. The van der Waals surface area contributed by atoms with Crippen molar-refractivity contribution in [2.45, 2.75) is 0 Å². The van der Waals surface area contributed by atoms with Gasteiger partial charge in [-0.3, -0.25) is 9.79 Å². The van der Waals surface area contributed by atoms with Gasteiger partial charge in [-0.25, -0.2) is 0 Å². The van der Waals surface area contributed by atoms with E-state index in [1.54, 1.807) is 30.3 Å². The summed E-state index contributed by atoms with van der Waals surface area (Å²) < 4.78 is 5.39. The van der Waals surface area contributed by atoms with Crippen molar-refractivity contribution in [2.24, 2.45) is 4.99 Å². The largest absolute Gasteiger partial charge is 0.506 e. The Labute approximate surface area is 124 Å². The average Bonchev–Trinajstić information content (AvgIpc) is 2.50. The molecular formula is C16H10ClNO3. The highest BCUT2D eigenvalue weighted by Crippen LogP contribution is 2.29. The second-order valence-corrected chi connectivity index (χ2v) is 4.84. The van der Waals surface area contributed by atoms with Crippen LogP contribution in [0.3, 0.4) is 0 Å². The molecule has 0 aliphatic rings. The summed E-state index contributed by atoms with van der Waals surface area (Å²) in [7, 11) is 0. The number of fused-ring (bicyclic) bond motifs is 1. The van der Waals surface area contributed by atoms with Gasteiger partial charge >= 0.3 is 0 Å². The van der Waals surface area contributed by atoms with E-state index in [0.717, 1.165) is 0 Å². The molecule has 104 valence electrons. The molecule has 21 heavy (non-hydrogen) atoms. The van der Waals surface area contributed by atoms with Crippen molar-refractivity contribution in [3.05, 3.63) is 69.5 Å². The molecule has 1 heterocycles. The molecule has 0 aliphatic carbocycles. The number of aliphatic imine (C=N–C) groups is 1. The minimum atomic E-state index is -0.179. The third-order valence-corrected chi connectivity index (χ3v) is 3.22. The first kappa shape index (κ1) is 13.4. The van der Waals surface area contributed by atoms with E-state index in [4.69, 9.17) is 16.0 Å². The normalized spacial score (nSPS) is 11.3. The maximum absolute atomic E-state index is 12.3. The van der Waals surface area contributed by atoms with Crippen LogP contribution in [0.1, 0.15) is 5.56 Å². The molecule has 0 amide bonds. The Morgan fingerprint density at radius 2 is 2.00 bits per heavy atom. The van der Waals surface area contributed by atoms with Crippen LogP contribution < -0.4 is 5.43 Å². The van der Waals surface area contributed by atoms with Crippen molar-refractivity contribution in [1.29, 1.82) is 0 Å². The standard InChI is InChI=1S/C16H10ClNO3/c17-11-5-6-14(19)13(7-11)18-8-10-9-21-15-4-2-1-3-12(15)16(10)20/h1-9,19H. The van der Waals surface area contributed by atoms with E-state index in [2.05, 4.69) is 4.99 Å². The number of hydrogen-bond donors (Lipinski definition) is 1. The predicted octanol–water partition coefficient (Wildman–Crippen LogP) is 3.90. The maximum Gasteiger partial charge on any atom is 0.201 e. The molecule has 0 spiro atoms. The van der Waals surface area contributed by atoms with E-state index in [9.17, 15) is 9.90 Å². The van der Waals surface area contributed by atoms with Crippen molar-refractivity contribution in [2.75, 3.05) is 0 Å². The summed E-state index contributed by atoms with van der Waals surface area (Å²) in [4.78, 5) is 16.3. The second kappa shape index (κ2) is 5.42. The molecule has 1 aromatic heterocycles. The highest BCUT2D eigenvalue weighted by molar-refractivity contribution is 6.30. The molecule has 4 nitrogen and oxygen atoms in total. The number of aromatic hydroxyl groups is 1. The van der Waals surface area contributed by atoms with Gasteiger partial charge in [0.05, 0.1) is 10.9 Å². The van der Waals surface area contributed by atoms with Gasteiger partial charge in [0, 0.05) is 11.2 Å². The summed E-state index contributed by atoms with van der Waals surface area (Å²) in [5.74, 6) is -0.0131. The van der Waals surface area contributed by atoms with Crippen molar-refractivity contribution in [1.82, 2.24) is 0 Å². The third-order valence-electron chi connectivity index (χ3n) is 2.99. The Morgan fingerprint density at radius 3 is 2.86 bits per heavy atom. The van der Waals surface area contributed by atoms with Crippen LogP contribution in [0.4, 0.5) is 5.69 Å². The fraction of sp³-hybridized carbons (Fsp3) is 0. The molecule has 0 aliphatic heterocycles. The Kier molecular flexibility index (Phi) is 3.46. The molecule has 5 heteroatoms. The Morgan fingerprint density at radius 1 is 1.19 bits per heavy atom. The number of para-hydroxylation sites is 1. The van der Waals surface area contributed by atoms with Crippen LogP contribution in [0.15, 0.2) is 62.9 Å². The quantitative estimate of drug-likeness (QED) is 0.730. The lowest BCUT2D eigenvalue weighted by Gasteiger charge is -2.00. The van der Waals surface area contributed by atoms with Crippen molar-refractivity contribution >= 4 is 34.5 Å². The molecule has 3 aromatic rings. The minimum Gasteiger partial charge on any atom is -0.506 e. The first-order valence-electron chi connectivity index (χ1n) is 6.18. The van der Waals surface area contributed by atoms with Crippen molar-refractivity contribution in [3.8, 4) is 5.75 Å². The number of phenols is 1. The highest BCUT2D eigenvalue weighted by atomic mass is 35.5. The molecule has 2 aromatic carbocycles. The Bertz CT molecular complexity index is 899. The zero-order chi connectivity index (χ0) is 14.8. The van der Waals surface area contributed by atoms with Crippen LogP contribution in [0.5, 0.6) is 5.75 Å². The molecular weight excluding hydrogens is 290 g/mol. The van der Waals surface area contributed by atoms with Gasteiger partial charge in [0.15, 0.2) is 0 Å². The van der Waals surface area contributed by atoms with Gasteiger partial charge in [0.2, 0.25) is 5.43 Å². The number of benzene rings is 2. The van der Waals surface area contributed by atoms with Gasteiger partial charge in [-0.15, -0.1) is 0 Å². The number of rotatable bonds is 2. The summed E-state index contributed by atoms with van der Waals surface area (Å²) in [5, 5.41) is 10.6. The highest BCUT2D eigenvalue weighted by Gasteiger charge is 2.05. The predicted molar refractivity (Wildman–Crippen MR) is 82.9 cm³/mol. The zero-order valence-electron chi connectivity index (χ0n) is 10.8. The third kappa shape index (κ3) is 2.66. The van der Waals surface area contributed by atoms with E-state index in [-0.39, 0.29) is 16.9 Å². The fourth-order valence-electron chi connectivity index (χ4n) is 1.92. The lowest BCUT2D eigenvalue weighted by atomic mass is 10.2. The lowest BCUT2D eigenvalue weighted by Crippen LogP contribution is -2.07. The molecule has 0 bridgehead atoms. The fourth-order valence-corrected chi connectivity index (χ4v) is 2.09. The van der Waals surface area contributed by atoms with E-state index >= 15 is 0 Å². The van der Waals surface area contributed by atoms with Gasteiger partial charge in [-0.05, 0) is 30.3 Å².